The molecule has 0 saturated heterocycles. The minimum Gasteiger partial charge on any atom is -0.380 e. The highest BCUT2D eigenvalue weighted by Crippen LogP contribution is 1.79. The summed E-state index contributed by atoms with van der Waals surface area (Å²) in [4.78, 5) is 2.12. The maximum Gasteiger partial charge on any atom is 0.0593 e. The molecule has 0 fully saturated rings. The van der Waals surface area contributed by atoms with Crippen LogP contribution in [-0.4, -0.2) is 65.1 Å². The monoisotopic (exact) mass is 218 g/mol. The highest BCUT2D eigenvalue weighted by Gasteiger charge is 1.91. The smallest absolute Gasteiger partial charge is 0.0593 e. The topological polar surface area (TPSA) is 33.7 Å². The molecular weight excluding hydrogens is 192 g/mol. The first kappa shape index (κ1) is 14.8. The molecule has 0 aromatic heterocycles. The SMILES string of the molecule is CCCOCCNCCOCCN(C)C. The van der Waals surface area contributed by atoms with Crippen molar-refractivity contribution in [3.8, 4) is 0 Å². The molecule has 15 heavy (non-hydrogen) atoms. The summed E-state index contributed by atoms with van der Waals surface area (Å²) in [5, 5.41) is 3.27. The Morgan fingerprint density at radius 2 is 1.53 bits per heavy atom. The van der Waals surface area contributed by atoms with Crippen LogP contribution in [0.25, 0.3) is 0 Å². The zero-order valence-corrected chi connectivity index (χ0v) is 10.4. The second kappa shape index (κ2) is 11.9. The van der Waals surface area contributed by atoms with Crippen molar-refractivity contribution in [2.24, 2.45) is 0 Å². The fraction of sp³-hybridized carbons (Fsp3) is 1.00. The lowest BCUT2D eigenvalue weighted by atomic mass is 10.5. The highest BCUT2D eigenvalue weighted by molar-refractivity contribution is 4.46. The van der Waals surface area contributed by atoms with E-state index in [0.717, 1.165) is 52.5 Å². The minimum atomic E-state index is 0.779. The van der Waals surface area contributed by atoms with Gasteiger partial charge in [0, 0.05) is 26.2 Å². The van der Waals surface area contributed by atoms with Crippen LogP contribution < -0.4 is 5.32 Å². The molecule has 0 aromatic carbocycles. The van der Waals surface area contributed by atoms with Gasteiger partial charge < -0.3 is 19.7 Å². The number of nitrogens with one attached hydrogen (secondary N) is 1. The Bertz CT molecular complexity index is 121. The van der Waals surface area contributed by atoms with Crippen LogP contribution in [0.15, 0.2) is 0 Å². The number of ether oxygens (including phenoxy) is 2. The van der Waals surface area contributed by atoms with Crippen LogP contribution in [0.1, 0.15) is 13.3 Å². The molecule has 0 aliphatic carbocycles. The predicted molar refractivity (Wildman–Crippen MR) is 63.4 cm³/mol. The molecule has 0 saturated carbocycles. The van der Waals surface area contributed by atoms with E-state index in [1.54, 1.807) is 0 Å². The molecule has 0 atom stereocenters. The summed E-state index contributed by atoms with van der Waals surface area (Å²) >= 11 is 0. The van der Waals surface area contributed by atoms with Crippen LogP contribution in [0.3, 0.4) is 0 Å². The van der Waals surface area contributed by atoms with Crippen molar-refractivity contribution in [3.05, 3.63) is 0 Å². The number of hydrogen-bond donors (Lipinski definition) is 1. The van der Waals surface area contributed by atoms with E-state index in [1.165, 1.54) is 0 Å². The molecule has 0 rings (SSSR count). The van der Waals surface area contributed by atoms with Gasteiger partial charge in [0.15, 0.2) is 0 Å². The molecule has 0 bridgehead atoms. The Balaban J connectivity index is 2.87. The van der Waals surface area contributed by atoms with Gasteiger partial charge in [-0.1, -0.05) is 6.92 Å². The molecule has 0 radical (unpaired) electrons. The number of hydrogen-bond acceptors (Lipinski definition) is 4. The Kier molecular flexibility index (Phi) is 11.8. The Hall–Kier alpha value is -0.160. The first-order chi connectivity index (χ1) is 7.27. The van der Waals surface area contributed by atoms with Crippen molar-refractivity contribution >= 4 is 0 Å². The number of nitrogens with zero attached hydrogens (tertiary/aromatic N) is 1. The number of rotatable bonds is 11. The summed E-state index contributed by atoms with van der Waals surface area (Å²) in [5.41, 5.74) is 0. The molecule has 1 N–H and O–H groups in total. The molecule has 92 valence electrons. The summed E-state index contributed by atoms with van der Waals surface area (Å²) < 4.78 is 10.8. The van der Waals surface area contributed by atoms with Gasteiger partial charge in [0.25, 0.3) is 0 Å². The van der Waals surface area contributed by atoms with Crippen molar-refractivity contribution in [2.45, 2.75) is 13.3 Å². The highest BCUT2D eigenvalue weighted by atomic mass is 16.5. The van der Waals surface area contributed by atoms with Gasteiger partial charge in [-0.15, -0.1) is 0 Å². The molecular formula is C11H26N2O2. The molecule has 0 aromatic rings. The van der Waals surface area contributed by atoms with Crippen molar-refractivity contribution in [1.82, 2.24) is 10.2 Å². The average molecular weight is 218 g/mol. The van der Waals surface area contributed by atoms with Crippen molar-refractivity contribution in [3.63, 3.8) is 0 Å². The Labute approximate surface area is 93.9 Å². The second-order valence-corrected chi connectivity index (χ2v) is 3.78. The van der Waals surface area contributed by atoms with Gasteiger partial charge in [0.05, 0.1) is 19.8 Å². The largest absolute Gasteiger partial charge is 0.380 e. The van der Waals surface area contributed by atoms with E-state index in [1.807, 2.05) is 14.1 Å². The van der Waals surface area contributed by atoms with Crippen LogP contribution in [0.5, 0.6) is 0 Å². The lowest BCUT2D eigenvalue weighted by Crippen LogP contribution is -2.25. The third kappa shape index (κ3) is 13.8. The van der Waals surface area contributed by atoms with Gasteiger partial charge >= 0.3 is 0 Å². The average Bonchev–Trinajstić information content (AvgIpc) is 2.20. The van der Waals surface area contributed by atoms with Crippen molar-refractivity contribution in [2.75, 3.05) is 60.2 Å². The zero-order chi connectivity index (χ0) is 11.4. The van der Waals surface area contributed by atoms with Crippen LogP contribution in [-0.2, 0) is 9.47 Å². The Morgan fingerprint density at radius 1 is 0.933 bits per heavy atom. The van der Waals surface area contributed by atoms with Crippen LogP contribution >= 0.6 is 0 Å². The van der Waals surface area contributed by atoms with Gasteiger partial charge in [-0.25, -0.2) is 0 Å². The van der Waals surface area contributed by atoms with Crippen LogP contribution in [0.4, 0.5) is 0 Å². The Morgan fingerprint density at radius 3 is 2.07 bits per heavy atom. The quantitative estimate of drug-likeness (QED) is 0.514. The van der Waals surface area contributed by atoms with Gasteiger partial charge in [0.1, 0.15) is 0 Å². The van der Waals surface area contributed by atoms with E-state index >= 15 is 0 Å². The van der Waals surface area contributed by atoms with E-state index in [-0.39, 0.29) is 0 Å². The molecule has 0 spiro atoms. The molecule has 0 aliphatic heterocycles. The van der Waals surface area contributed by atoms with Crippen molar-refractivity contribution < 1.29 is 9.47 Å². The second-order valence-electron chi connectivity index (χ2n) is 3.78. The van der Waals surface area contributed by atoms with E-state index in [0.29, 0.717) is 0 Å². The lowest BCUT2D eigenvalue weighted by Gasteiger charge is -2.10. The standard InChI is InChI=1S/C11H26N2O2/c1-4-8-14-9-5-12-6-10-15-11-7-13(2)3/h12H,4-11H2,1-3H3. The molecule has 0 heterocycles. The molecule has 0 unspecified atom stereocenters. The first-order valence-electron chi connectivity index (χ1n) is 5.78. The van der Waals surface area contributed by atoms with Gasteiger partial charge in [0.2, 0.25) is 0 Å². The summed E-state index contributed by atoms with van der Waals surface area (Å²) in [6.45, 7) is 8.17. The van der Waals surface area contributed by atoms with Gasteiger partial charge in [-0.05, 0) is 20.5 Å². The molecule has 4 heteroatoms. The summed E-state index contributed by atoms with van der Waals surface area (Å²) in [7, 11) is 4.10. The van der Waals surface area contributed by atoms with E-state index in [2.05, 4.69) is 17.1 Å². The van der Waals surface area contributed by atoms with Gasteiger partial charge in [-0.2, -0.15) is 0 Å². The van der Waals surface area contributed by atoms with Crippen molar-refractivity contribution in [1.29, 1.82) is 0 Å². The summed E-state index contributed by atoms with van der Waals surface area (Å²) in [6, 6.07) is 0. The van der Waals surface area contributed by atoms with E-state index in [4.69, 9.17) is 9.47 Å². The maximum absolute atomic E-state index is 5.43. The lowest BCUT2D eigenvalue weighted by molar-refractivity contribution is 0.112. The third-order valence-corrected chi connectivity index (χ3v) is 1.88. The third-order valence-electron chi connectivity index (χ3n) is 1.88. The van der Waals surface area contributed by atoms with E-state index in [9.17, 15) is 0 Å². The van der Waals surface area contributed by atoms with E-state index < -0.39 is 0 Å². The summed E-state index contributed by atoms with van der Waals surface area (Å²) in [6.07, 6.45) is 1.09. The molecule has 4 nitrogen and oxygen atoms in total. The molecule has 0 aliphatic rings. The number of likely N-dealkylation sites (N-methyl/N-ethyl adjacent to an activating group) is 1. The van der Waals surface area contributed by atoms with Crippen LogP contribution in [0.2, 0.25) is 0 Å². The maximum atomic E-state index is 5.43. The fourth-order valence-corrected chi connectivity index (χ4v) is 1.01. The first-order valence-corrected chi connectivity index (χ1v) is 5.78. The minimum absolute atomic E-state index is 0.779. The normalized spacial score (nSPS) is 11.2. The summed E-state index contributed by atoms with van der Waals surface area (Å²) in [5.74, 6) is 0. The fourth-order valence-electron chi connectivity index (χ4n) is 1.01. The zero-order valence-electron chi connectivity index (χ0n) is 10.4. The van der Waals surface area contributed by atoms with Crippen LogP contribution in [0, 0.1) is 0 Å². The van der Waals surface area contributed by atoms with Gasteiger partial charge in [-0.3, -0.25) is 0 Å². The predicted octanol–water partition coefficient (Wildman–Crippen LogP) is 0.581. The molecule has 0 amide bonds.